The van der Waals surface area contributed by atoms with Gasteiger partial charge in [-0.1, -0.05) is 24.3 Å². The lowest BCUT2D eigenvalue weighted by Crippen LogP contribution is -3.05. The lowest BCUT2D eigenvalue weighted by Gasteiger charge is -2.18. The van der Waals surface area contributed by atoms with Crippen LogP contribution in [0, 0.1) is 0 Å². The minimum atomic E-state index is -3.80. The first-order valence-electron chi connectivity index (χ1n) is 9.36. The van der Waals surface area contributed by atoms with Crippen LogP contribution in [-0.2, 0) is 19.4 Å². The standard InChI is InChI=1S/C20H26N4O4S/c1-24(2)13-7-12-22-19(25)20(26)23-15-18(16-8-6-11-21-14-16)29(27,28)17-9-4-3-5-10-17/h3-6,8-11,14,18H,7,12-13,15H2,1-2H3,(H,22,25)(H,23,26)/p+1/t18-/m0/s1. The van der Waals surface area contributed by atoms with Gasteiger partial charge in [0, 0.05) is 31.9 Å². The molecule has 0 aliphatic rings. The first-order valence-corrected chi connectivity index (χ1v) is 10.9. The molecule has 0 aliphatic carbocycles. The number of carbonyl (C=O) groups is 2. The van der Waals surface area contributed by atoms with Crippen molar-refractivity contribution in [2.75, 3.05) is 33.7 Å². The van der Waals surface area contributed by atoms with Crippen LogP contribution < -0.4 is 15.5 Å². The number of quaternary nitrogens is 1. The maximum atomic E-state index is 13.1. The first-order chi connectivity index (χ1) is 13.8. The molecule has 0 saturated heterocycles. The molecule has 0 fully saturated rings. The van der Waals surface area contributed by atoms with E-state index in [0.29, 0.717) is 12.1 Å². The van der Waals surface area contributed by atoms with Crippen molar-refractivity contribution in [1.29, 1.82) is 0 Å². The van der Waals surface area contributed by atoms with Crippen molar-refractivity contribution in [3.8, 4) is 0 Å². The summed E-state index contributed by atoms with van der Waals surface area (Å²) in [4.78, 5) is 29.5. The van der Waals surface area contributed by atoms with Gasteiger partial charge in [0.05, 0.1) is 25.5 Å². The predicted molar refractivity (Wildman–Crippen MR) is 109 cm³/mol. The van der Waals surface area contributed by atoms with Gasteiger partial charge in [0.15, 0.2) is 9.84 Å². The van der Waals surface area contributed by atoms with Crippen LogP contribution in [0.4, 0.5) is 0 Å². The number of hydrogen-bond acceptors (Lipinski definition) is 5. The summed E-state index contributed by atoms with van der Waals surface area (Å²) in [5.74, 6) is -1.64. The van der Waals surface area contributed by atoms with Crippen LogP contribution in [0.3, 0.4) is 0 Å². The average molecular weight is 420 g/mol. The highest BCUT2D eigenvalue weighted by atomic mass is 32.2. The van der Waals surface area contributed by atoms with Gasteiger partial charge in [-0.25, -0.2) is 8.42 Å². The van der Waals surface area contributed by atoms with Crippen LogP contribution in [0.2, 0.25) is 0 Å². The zero-order valence-electron chi connectivity index (χ0n) is 16.6. The van der Waals surface area contributed by atoms with Crippen molar-refractivity contribution in [3.63, 3.8) is 0 Å². The van der Waals surface area contributed by atoms with E-state index in [0.717, 1.165) is 13.0 Å². The quantitative estimate of drug-likeness (QED) is 0.370. The van der Waals surface area contributed by atoms with E-state index in [1.807, 2.05) is 14.1 Å². The lowest BCUT2D eigenvalue weighted by atomic mass is 10.2. The molecule has 0 bridgehead atoms. The number of carbonyl (C=O) groups excluding carboxylic acids is 2. The number of aromatic nitrogens is 1. The molecule has 0 spiro atoms. The molecule has 8 nitrogen and oxygen atoms in total. The number of hydrogen-bond donors (Lipinski definition) is 3. The van der Waals surface area contributed by atoms with Crippen LogP contribution in [0.1, 0.15) is 17.2 Å². The van der Waals surface area contributed by atoms with Crippen molar-refractivity contribution in [3.05, 3.63) is 60.4 Å². The maximum absolute atomic E-state index is 13.1. The van der Waals surface area contributed by atoms with E-state index in [9.17, 15) is 18.0 Å². The highest BCUT2D eigenvalue weighted by molar-refractivity contribution is 7.91. The van der Waals surface area contributed by atoms with Crippen molar-refractivity contribution in [2.45, 2.75) is 16.6 Å². The van der Waals surface area contributed by atoms with Gasteiger partial charge in [0.2, 0.25) is 0 Å². The molecule has 2 amide bonds. The summed E-state index contributed by atoms with van der Waals surface area (Å²) in [5.41, 5.74) is 0.436. The maximum Gasteiger partial charge on any atom is 0.309 e. The highest BCUT2D eigenvalue weighted by Gasteiger charge is 2.30. The van der Waals surface area contributed by atoms with E-state index in [2.05, 4.69) is 15.6 Å². The zero-order valence-corrected chi connectivity index (χ0v) is 17.4. The van der Waals surface area contributed by atoms with Gasteiger partial charge in [-0.15, -0.1) is 0 Å². The summed E-state index contributed by atoms with van der Waals surface area (Å²) in [6.45, 7) is 1.00. The molecule has 9 heteroatoms. The van der Waals surface area contributed by atoms with Crippen LogP contribution in [-0.4, -0.2) is 58.9 Å². The molecule has 0 saturated carbocycles. The average Bonchev–Trinajstić information content (AvgIpc) is 2.72. The van der Waals surface area contributed by atoms with E-state index in [1.54, 1.807) is 30.3 Å². The predicted octanol–water partition coefficient (Wildman–Crippen LogP) is -0.636. The third kappa shape index (κ3) is 6.65. The Bertz CT molecular complexity index is 903. The Kier molecular flexibility index (Phi) is 8.29. The molecule has 1 heterocycles. The van der Waals surface area contributed by atoms with Crippen molar-refractivity contribution in [1.82, 2.24) is 15.6 Å². The first kappa shape index (κ1) is 22.5. The van der Waals surface area contributed by atoms with Gasteiger partial charge in [-0.05, 0) is 23.8 Å². The molecule has 0 unspecified atom stereocenters. The number of benzene rings is 1. The minimum absolute atomic E-state index is 0.138. The lowest BCUT2D eigenvalue weighted by molar-refractivity contribution is -0.858. The molecule has 1 atom stereocenters. The van der Waals surface area contributed by atoms with Crippen LogP contribution in [0.25, 0.3) is 0 Å². The van der Waals surface area contributed by atoms with E-state index < -0.39 is 26.9 Å². The Morgan fingerprint density at radius 2 is 1.72 bits per heavy atom. The second-order valence-corrected chi connectivity index (χ2v) is 9.04. The third-order valence-electron chi connectivity index (χ3n) is 4.30. The van der Waals surface area contributed by atoms with Gasteiger partial charge in [0.1, 0.15) is 5.25 Å². The van der Waals surface area contributed by atoms with E-state index in [1.165, 1.54) is 29.4 Å². The number of amides is 2. The molecule has 2 aromatic rings. The number of rotatable bonds is 9. The fraction of sp³-hybridized carbons (Fsp3) is 0.350. The van der Waals surface area contributed by atoms with Crippen molar-refractivity contribution < 1.29 is 22.9 Å². The zero-order chi connectivity index (χ0) is 21.3. The smallest absolute Gasteiger partial charge is 0.309 e. The van der Waals surface area contributed by atoms with E-state index in [-0.39, 0.29) is 11.4 Å². The van der Waals surface area contributed by atoms with E-state index >= 15 is 0 Å². The molecule has 2 rings (SSSR count). The molecule has 1 aromatic carbocycles. The van der Waals surface area contributed by atoms with Crippen molar-refractivity contribution >= 4 is 21.7 Å². The Balaban J connectivity index is 2.08. The van der Waals surface area contributed by atoms with Gasteiger partial charge in [-0.3, -0.25) is 14.6 Å². The fourth-order valence-electron chi connectivity index (χ4n) is 2.74. The summed E-state index contributed by atoms with van der Waals surface area (Å²) >= 11 is 0. The molecule has 3 N–H and O–H groups in total. The topological polar surface area (TPSA) is 110 Å². The summed E-state index contributed by atoms with van der Waals surface area (Å²) in [6.07, 6.45) is 3.72. The molecule has 0 radical (unpaired) electrons. The summed E-state index contributed by atoms with van der Waals surface area (Å²) in [5, 5.41) is 3.93. The molecule has 156 valence electrons. The Labute approximate surface area is 171 Å². The Morgan fingerprint density at radius 1 is 1.03 bits per heavy atom. The summed E-state index contributed by atoms with van der Waals surface area (Å²) < 4.78 is 26.2. The summed E-state index contributed by atoms with van der Waals surface area (Å²) in [7, 11) is 0.205. The molecular formula is C20H27N4O4S+. The van der Waals surface area contributed by atoms with Gasteiger partial charge in [0.25, 0.3) is 0 Å². The summed E-state index contributed by atoms with van der Waals surface area (Å²) in [6, 6.07) is 11.3. The van der Waals surface area contributed by atoms with Gasteiger partial charge < -0.3 is 15.5 Å². The van der Waals surface area contributed by atoms with Crippen LogP contribution in [0.15, 0.2) is 59.8 Å². The molecule has 29 heavy (non-hydrogen) atoms. The van der Waals surface area contributed by atoms with Gasteiger partial charge in [-0.2, -0.15) is 0 Å². The SMILES string of the molecule is C[NH+](C)CCCNC(=O)C(=O)NC[C@@H](c1cccnc1)S(=O)(=O)c1ccccc1. The van der Waals surface area contributed by atoms with Gasteiger partial charge >= 0.3 is 11.8 Å². The molecular weight excluding hydrogens is 392 g/mol. The molecule has 1 aromatic heterocycles. The highest BCUT2D eigenvalue weighted by Crippen LogP contribution is 2.27. The fourth-order valence-corrected chi connectivity index (χ4v) is 4.40. The number of sulfone groups is 1. The second-order valence-electron chi connectivity index (χ2n) is 6.91. The normalized spacial score (nSPS) is 12.4. The largest absolute Gasteiger partial charge is 0.348 e. The Morgan fingerprint density at radius 3 is 2.34 bits per heavy atom. The minimum Gasteiger partial charge on any atom is -0.348 e. The number of pyridine rings is 1. The monoisotopic (exact) mass is 419 g/mol. The Hall–Kier alpha value is -2.78. The second kappa shape index (κ2) is 10.7. The third-order valence-corrected chi connectivity index (χ3v) is 6.41. The molecule has 0 aliphatic heterocycles. The van der Waals surface area contributed by atoms with Crippen LogP contribution >= 0.6 is 0 Å². The number of nitrogens with zero attached hydrogens (tertiary/aromatic N) is 1. The van der Waals surface area contributed by atoms with Crippen molar-refractivity contribution in [2.24, 2.45) is 0 Å². The number of nitrogens with one attached hydrogen (secondary N) is 3. The van der Waals surface area contributed by atoms with E-state index in [4.69, 9.17) is 0 Å². The van der Waals surface area contributed by atoms with Crippen LogP contribution in [0.5, 0.6) is 0 Å².